The minimum absolute atomic E-state index is 0.112. The number of nitrogens with one attached hydrogen (secondary N) is 2. The van der Waals surface area contributed by atoms with Crippen LogP contribution < -0.4 is 24.8 Å². The molecule has 1 atom stereocenters. The molecule has 0 saturated heterocycles. The van der Waals surface area contributed by atoms with Gasteiger partial charge in [-0.2, -0.15) is 0 Å². The smallest absolute Gasteiger partial charge is 0.319 e. The molecule has 1 heterocycles. The topological polar surface area (TPSA) is 72.1 Å². The molecule has 8 heteroatoms. The molecule has 0 fully saturated rings. The molecule has 2 amide bonds. The number of carbonyl (C=O) groups excluding carboxylic acids is 1. The first-order valence-electron chi connectivity index (χ1n) is 8.04. The maximum Gasteiger partial charge on any atom is 0.319 e. The third-order valence-corrected chi connectivity index (χ3v) is 4.85. The molecule has 142 valence electrons. The Kier molecular flexibility index (Phi) is 7.11. The van der Waals surface area contributed by atoms with Gasteiger partial charge in [-0.3, -0.25) is 0 Å². The van der Waals surface area contributed by atoms with Crippen molar-refractivity contribution in [3.05, 3.63) is 34.5 Å². The maximum absolute atomic E-state index is 12.3. The molecule has 0 unspecified atom stereocenters. The van der Waals surface area contributed by atoms with Crippen LogP contribution in [-0.2, 0) is 0 Å². The fourth-order valence-corrected chi connectivity index (χ4v) is 3.46. The number of anilines is 1. The number of hydrogen-bond donors (Lipinski definition) is 2. The zero-order valence-corrected chi connectivity index (χ0v) is 16.5. The van der Waals surface area contributed by atoms with Crippen LogP contribution in [0.3, 0.4) is 0 Å². The van der Waals surface area contributed by atoms with Gasteiger partial charge in [0.25, 0.3) is 0 Å². The number of amides is 2. The summed E-state index contributed by atoms with van der Waals surface area (Å²) in [6, 6.07) is 7.25. The van der Waals surface area contributed by atoms with E-state index in [-0.39, 0.29) is 12.1 Å². The van der Waals surface area contributed by atoms with Crippen LogP contribution in [0.4, 0.5) is 10.5 Å². The van der Waals surface area contributed by atoms with Crippen molar-refractivity contribution in [2.24, 2.45) is 0 Å². The summed E-state index contributed by atoms with van der Waals surface area (Å²) in [6.07, 6.45) is 0. The summed E-state index contributed by atoms with van der Waals surface area (Å²) in [5.41, 5.74) is 0.550. The largest absolute Gasteiger partial charge is 0.493 e. The number of urea groups is 1. The highest BCUT2D eigenvalue weighted by atomic mass is 32.1. The average Bonchev–Trinajstić information content (AvgIpc) is 3.14. The van der Waals surface area contributed by atoms with E-state index in [0.717, 1.165) is 0 Å². The number of methoxy groups -OCH3 is 3. The third kappa shape index (κ3) is 4.80. The van der Waals surface area contributed by atoms with Gasteiger partial charge in [0.2, 0.25) is 5.75 Å². The van der Waals surface area contributed by atoms with E-state index in [1.807, 2.05) is 25.5 Å². The molecule has 7 nitrogen and oxygen atoms in total. The number of carbonyl (C=O) groups is 1. The van der Waals surface area contributed by atoms with Crippen LogP contribution in [-0.4, -0.2) is 52.9 Å². The standard InChI is InChI=1S/C18H25N3O4S/c1-21(2)13(16-7-6-8-26-16)11-19-18(22)20-12-9-14(23-3)17(25-5)15(10-12)24-4/h6-10,13H,11H2,1-5H3,(H2,19,20,22)/t13-/m0/s1. The normalized spacial score (nSPS) is 11.8. The van der Waals surface area contributed by atoms with E-state index in [9.17, 15) is 4.79 Å². The molecule has 0 aliphatic rings. The van der Waals surface area contributed by atoms with Gasteiger partial charge in [0, 0.05) is 23.6 Å². The predicted molar refractivity (Wildman–Crippen MR) is 104 cm³/mol. The molecule has 2 rings (SSSR count). The van der Waals surface area contributed by atoms with E-state index in [4.69, 9.17) is 14.2 Å². The van der Waals surface area contributed by atoms with Crippen molar-refractivity contribution in [3.8, 4) is 17.2 Å². The van der Waals surface area contributed by atoms with Gasteiger partial charge in [0.15, 0.2) is 11.5 Å². The fourth-order valence-electron chi connectivity index (χ4n) is 2.54. The molecule has 2 N–H and O–H groups in total. The van der Waals surface area contributed by atoms with Crippen LogP contribution in [0.1, 0.15) is 10.9 Å². The molecular formula is C18H25N3O4S. The molecule has 0 bridgehead atoms. The van der Waals surface area contributed by atoms with Gasteiger partial charge in [-0.25, -0.2) is 4.79 Å². The van der Waals surface area contributed by atoms with Crippen LogP contribution in [0.2, 0.25) is 0 Å². The molecule has 0 spiro atoms. The minimum atomic E-state index is -0.303. The van der Waals surface area contributed by atoms with Crippen molar-refractivity contribution in [1.82, 2.24) is 10.2 Å². The van der Waals surface area contributed by atoms with E-state index in [1.54, 1.807) is 23.5 Å². The van der Waals surface area contributed by atoms with Gasteiger partial charge in [-0.05, 0) is 25.5 Å². The van der Waals surface area contributed by atoms with Gasteiger partial charge in [0.05, 0.1) is 33.1 Å². The first kappa shape index (κ1) is 19.9. The number of likely N-dealkylation sites (N-methyl/N-ethyl adjacent to an activating group) is 1. The maximum atomic E-state index is 12.3. The van der Waals surface area contributed by atoms with Crippen molar-refractivity contribution >= 4 is 23.1 Å². The molecular weight excluding hydrogens is 354 g/mol. The van der Waals surface area contributed by atoms with Crippen molar-refractivity contribution in [3.63, 3.8) is 0 Å². The number of benzene rings is 1. The van der Waals surface area contributed by atoms with Crippen LogP contribution in [0.25, 0.3) is 0 Å². The molecule has 0 radical (unpaired) electrons. The zero-order valence-electron chi connectivity index (χ0n) is 15.7. The van der Waals surface area contributed by atoms with E-state index in [2.05, 4.69) is 21.6 Å². The Morgan fingerprint density at radius 2 is 1.81 bits per heavy atom. The third-order valence-electron chi connectivity index (χ3n) is 3.87. The highest BCUT2D eigenvalue weighted by Gasteiger charge is 2.17. The molecule has 1 aromatic heterocycles. The number of ether oxygens (including phenoxy) is 3. The molecule has 2 aromatic rings. The number of thiophene rings is 1. The summed E-state index contributed by atoms with van der Waals surface area (Å²) in [4.78, 5) is 15.6. The van der Waals surface area contributed by atoms with Crippen molar-refractivity contribution in [2.75, 3.05) is 47.3 Å². The number of rotatable bonds is 8. The van der Waals surface area contributed by atoms with Gasteiger partial charge in [-0.1, -0.05) is 6.07 Å². The Hall–Kier alpha value is -2.45. The Bertz CT molecular complexity index is 694. The Balaban J connectivity index is 2.05. The van der Waals surface area contributed by atoms with Crippen molar-refractivity contribution in [1.29, 1.82) is 0 Å². The Morgan fingerprint density at radius 3 is 2.27 bits per heavy atom. The molecule has 1 aromatic carbocycles. The van der Waals surface area contributed by atoms with E-state index in [1.165, 1.54) is 26.2 Å². The quantitative estimate of drug-likeness (QED) is 0.737. The summed E-state index contributed by atoms with van der Waals surface area (Å²) in [7, 11) is 8.58. The van der Waals surface area contributed by atoms with E-state index < -0.39 is 0 Å². The molecule has 0 saturated carbocycles. The van der Waals surface area contributed by atoms with Crippen LogP contribution in [0.5, 0.6) is 17.2 Å². The zero-order chi connectivity index (χ0) is 19.1. The summed E-state index contributed by atoms with van der Waals surface area (Å²) in [6.45, 7) is 0.490. The highest BCUT2D eigenvalue weighted by molar-refractivity contribution is 7.10. The number of nitrogens with zero attached hydrogens (tertiary/aromatic N) is 1. The van der Waals surface area contributed by atoms with Gasteiger partial charge >= 0.3 is 6.03 Å². The first-order chi connectivity index (χ1) is 12.5. The average molecular weight is 379 g/mol. The highest BCUT2D eigenvalue weighted by Crippen LogP contribution is 2.39. The minimum Gasteiger partial charge on any atom is -0.493 e. The second-order valence-electron chi connectivity index (χ2n) is 5.74. The van der Waals surface area contributed by atoms with Crippen LogP contribution in [0, 0.1) is 0 Å². The lowest BCUT2D eigenvalue weighted by atomic mass is 10.2. The summed E-state index contributed by atoms with van der Waals surface area (Å²) in [5, 5.41) is 7.74. The molecule has 26 heavy (non-hydrogen) atoms. The number of hydrogen-bond acceptors (Lipinski definition) is 6. The van der Waals surface area contributed by atoms with Crippen molar-refractivity contribution in [2.45, 2.75) is 6.04 Å². The van der Waals surface area contributed by atoms with Crippen LogP contribution >= 0.6 is 11.3 Å². The van der Waals surface area contributed by atoms with Crippen molar-refractivity contribution < 1.29 is 19.0 Å². The summed E-state index contributed by atoms with van der Waals surface area (Å²) in [5.74, 6) is 1.44. The second kappa shape index (κ2) is 9.30. The van der Waals surface area contributed by atoms with Gasteiger partial charge in [-0.15, -0.1) is 11.3 Å². The Morgan fingerprint density at radius 1 is 1.15 bits per heavy atom. The second-order valence-corrected chi connectivity index (χ2v) is 6.72. The lowest BCUT2D eigenvalue weighted by molar-refractivity contribution is 0.244. The fraction of sp³-hybridized carbons (Fsp3) is 0.389. The lowest BCUT2D eigenvalue weighted by Gasteiger charge is -2.23. The summed E-state index contributed by atoms with van der Waals surface area (Å²) < 4.78 is 15.9. The lowest BCUT2D eigenvalue weighted by Crippen LogP contribution is -2.36. The Labute approximate surface area is 157 Å². The molecule has 0 aliphatic carbocycles. The summed E-state index contributed by atoms with van der Waals surface area (Å²) >= 11 is 1.67. The molecule has 0 aliphatic heterocycles. The first-order valence-corrected chi connectivity index (χ1v) is 8.92. The predicted octanol–water partition coefficient (Wildman–Crippen LogP) is 3.20. The van der Waals surface area contributed by atoms with Crippen LogP contribution in [0.15, 0.2) is 29.6 Å². The van der Waals surface area contributed by atoms with E-state index >= 15 is 0 Å². The van der Waals surface area contributed by atoms with Gasteiger partial charge < -0.3 is 29.7 Å². The monoisotopic (exact) mass is 379 g/mol. The SMILES string of the molecule is COc1cc(NC(=O)NC[C@@H](c2cccs2)N(C)C)cc(OC)c1OC. The van der Waals surface area contributed by atoms with E-state index in [0.29, 0.717) is 29.5 Å². The van der Waals surface area contributed by atoms with Gasteiger partial charge in [0.1, 0.15) is 0 Å².